The molecule has 0 aromatic heterocycles. The van der Waals surface area contributed by atoms with E-state index in [1.807, 2.05) is 13.8 Å². The van der Waals surface area contributed by atoms with Gasteiger partial charge in [0.05, 0.1) is 40.9 Å². The Balaban J connectivity index is 1.15. The summed E-state index contributed by atoms with van der Waals surface area (Å²) in [6.07, 6.45) is 8.59. The van der Waals surface area contributed by atoms with Gasteiger partial charge in [-0.2, -0.15) is 0 Å². The number of benzene rings is 2. The lowest BCUT2D eigenvalue weighted by molar-refractivity contribution is -0.112. The maximum absolute atomic E-state index is 15.0. The number of anilines is 1. The van der Waals surface area contributed by atoms with Crippen molar-refractivity contribution in [1.82, 2.24) is 14.7 Å². The molecule has 9 rings (SSSR count). The summed E-state index contributed by atoms with van der Waals surface area (Å²) in [6.45, 7) is 27.4. The summed E-state index contributed by atoms with van der Waals surface area (Å²) < 4.78 is 25.2. The van der Waals surface area contributed by atoms with E-state index in [0.29, 0.717) is 50.9 Å². The van der Waals surface area contributed by atoms with Crippen LogP contribution in [-0.2, 0) is 19.0 Å². The number of likely N-dealkylation sites (tertiary alicyclic amines) is 3. The number of hydrogen-bond donors (Lipinski definition) is 5. The zero-order valence-corrected chi connectivity index (χ0v) is 46.4. The van der Waals surface area contributed by atoms with Crippen LogP contribution in [0.3, 0.4) is 0 Å². The van der Waals surface area contributed by atoms with E-state index in [9.17, 15) is 30.0 Å². The van der Waals surface area contributed by atoms with Crippen LogP contribution >= 0.6 is 0 Å². The molecule has 7 heterocycles. The Kier molecular flexibility index (Phi) is 16.6. The van der Waals surface area contributed by atoms with E-state index in [4.69, 9.17) is 28.9 Å². The zero-order chi connectivity index (χ0) is 54.5. The summed E-state index contributed by atoms with van der Waals surface area (Å²) in [7, 11) is 1.51. The summed E-state index contributed by atoms with van der Waals surface area (Å²) >= 11 is 0. The summed E-state index contributed by atoms with van der Waals surface area (Å²) in [5.74, 6) is -5.37. The molecular weight excluding hydrogens is 957 g/mol. The minimum atomic E-state index is -1.98. The fourth-order valence-corrected chi connectivity index (χ4v) is 12.6. The van der Waals surface area contributed by atoms with Gasteiger partial charge in [0.15, 0.2) is 11.4 Å². The van der Waals surface area contributed by atoms with Gasteiger partial charge in [-0.05, 0) is 75.9 Å². The molecule has 5 N–H and O–H groups in total. The molecule has 5 bridgehead atoms. The number of aliphatic hydroxyl groups excluding tert-OH is 2. The molecule has 3 fully saturated rings. The predicted molar refractivity (Wildman–Crippen MR) is 286 cm³/mol. The number of fused-ring (bicyclic) bond motifs is 13. The lowest BCUT2D eigenvalue weighted by Crippen LogP contribution is -2.51. The number of ether oxygens (including phenoxy) is 4. The van der Waals surface area contributed by atoms with Crippen LogP contribution in [0, 0.1) is 47.8 Å². The van der Waals surface area contributed by atoms with Crippen molar-refractivity contribution in [2.24, 2.45) is 50.9 Å². The molecule has 7 aliphatic heterocycles. The lowest BCUT2D eigenvalue weighted by atomic mass is 9.71. The number of phenols is 2. The third-order valence-electron chi connectivity index (χ3n) is 17.4. The topological polar surface area (TPSA) is 216 Å². The first-order chi connectivity index (χ1) is 35.4. The molecule has 0 radical (unpaired) electrons. The number of piperidine rings is 3. The van der Waals surface area contributed by atoms with Crippen molar-refractivity contribution >= 4 is 34.2 Å². The van der Waals surface area contributed by atoms with Crippen LogP contribution in [0.1, 0.15) is 124 Å². The number of ketones is 1. The molecule has 0 saturated carbocycles. The smallest absolute Gasteiger partial charge is 0.410 e. The highest BCUT2D eigenvalue weighted by molar-refractivity contribution is 6.19. The molecule has 0 unspecified atom stereocenters. The highest BCUT2D eigenvalue weighted by Gasteiger charge is 2.51. The van der Waals surface area contributed by atoms with Crippen molar-refractivity contribution in [3.8, 4) is 17.2 Å². The third-order valence-corrected chi connectivity index (χ3v) is 17.4. The number of aromatic hydroxyl groups is 2. The number of methoxy groups -OCH3 is 1. The van der Waals surface area contributed by atoms with Gasteiger partial charge in [0.1, 0.15) is 28.6 Å². The Morgan fingerprint density at radius 2 is 1.39 bits per heavy atom. The number of carbonyl (C=O) groups is 3. The fourth-order valence-electron chi connectivity index (χ4n) is 12.6. The normalized spacial score (nSPS) is 32.2. The van der Waals surface area contributed by atoms with E-state index in [1.54, 1.807) is 56.9 Å². The molecular formula is C58H84N6O11. The second-order valence-corrected chi connectivity index (χ2v) is 23.9. The maximum atomic E-state index is 15.0. The van der Waals surface area contributed by atoms with Crippen molar-refractivity contribution < 1.29 is 53.8 Å². The van der Waals surface area contributed by atoms with Crippen molar-refractivity contribution in [1.29, 1.82) is 0 Å². The number of hydrogen-bond acceptors (Lipinski definition) is 15. The molecule has 2 spiro atoms. The van der Waals surface area contributed by atoms with Gasteiger partial charge in [0.2, 0.25) is 0 Å². The van der Waals surface area contributed by atoms with E-state index in [2.05, 4.69) is 42.8 Å². The van der Waals surface area contributed by atoms with Crippen molar-refractivity contribution in [2.75, 3.05) is 64.8 Å². The number of rotatable bonds is 6. The van der Waals surface area contributed by atoms with Crippen LogP contribution in [0.25, 0.3) is 10.8 Å². The summed E-state index contributed by atoms with van der Waals surface area (Å²) in [5, 5.41) is 51.5. The minimum absolute atomic E-state index is 0.0432. The Labute approximate surface area is 442 Å². The molecule has 412 valence electrons. The third kappa shape index (κ3) is 11.1. The minimum Gasteiger partial charge on any atom is -0.507 e. The molecule has 17 nitrogen and oxygen atoms in total. The van der Waals surface area contributed by atoms with Gasteiger partial charge < -0.3 is 59.4 Å². The number of aliphatic hydroxyl groups is 2. The van der Waals surface area contributed by atoms with Crippen LogP contribution in [0.2, 0.25) is 0 Å². The van der Waals surface area contributed by atoms with Gasteiger partial charge >= 0.3 is 11.9 Å². The Morgan fingerprint density at radius 1 is 0.800 bits per heavy atom. The average molecular weight is 1040 g/mol. The van der Waals surface area contributed by atoms with Gasteiger partial charge in [-0.25, -0.2) is 4.79 Å². The monoisotopic (exact) mass is 1040 g/mol. The number of allylic oxidation sites excluding steroid dienone is 2. The van der Waals surface area contributed by atoms with E-state index in [1.165, 1.54) is 20.3 Å². The molecule has 2 aromatic rings. The summed E-state index contributed by atoms with van der Waals surface area (Å²) in [5.41, 5.74) is -0.367. The van der Waals surface area contributed by atoms with Crippen LogP contribution in [0.4, 0.5) is 10.5 Å². The number of phenolic OH excluding ortho intramolecular Hbond substituents is 2. The molecule has 0 aliphatic carbocycles. The second-order valence-electron chi connectivity index (χ2n) is 23.9. The summed E-state index contributed by atoms with van der Waals surface area (Å²) in [4.78, 5) is 60.5. The standard InChI is InChI=1S/C58H84N6O11/c1-32(2)30-62-23-17-57(18-24-62)19-27-64(28-20-57)55(71)74-51-36(7)40(72-12)16-29-73-56(11)53(69)43-41-42(49(67)39(10)52(43)75-56)50(68)46(45-44(41)60-58(61-45)21-25-63(26-22-58)31-33(3)4)59-54(70)35(6)15-13-14-34(5)47(65)37(8)48(66)38(51)9/h13-16,29,32-34,36-38,40,47-48,51,65-68H,17-28,30-31H2,1-12H3,(H,59,70)/b14-13+,29-16+,35-15-/t34-,36+,37+,38+,40-,47-,48+,51+,56-/m0/s1. The van der Waals surface area contributed by atoms with Gasteiger partial charge in [-0.1, -0.05) is 73.6 Å². The molecule has 2 aromatic carbocycles. The molecule has 2 amide bonds. The Hall–Kier alpha value is -5.07. The molecule has 3 saturated heterocycles. The first kappa shape index (κ1) is 56.1. The van der Waals surface area contributed by atoms with Gasteiger partial charge in [0, 0.05) is 106 Å². The number of Topliss-reactive ketones (excluding diaryl/α,β-unsaturated/α-hetero) is 1. The second kappa shape index (κ2) is 22.1. The molecule has 9 atom stereocenters. The van der Waals surface area contributed by atoms with Crippen LogP contribution in [0.15, 0.2) is 46.1 Å². The quantitative estimate of drug-likeness (QED) is 0.182. The number of nitrogens with zero attached hydrogens (tertiary/aromatic N) is 5. The maximum Gasteiger partial charge on any atom is 0.410 e. The number of nitrogens with one attached hydrogen (secondary N) is 1. The molecule has 7 aliphatic rings. The summed E-state index contributed by atoms with van der Waals surface area (Å²) in [6, 6.07) is 0. The van der Waals surface area contributed by atoms with Crippen molar-refractivity contribution in [2.45, 2.75) is 151 Å². The van der Waals surface area contributed by atoms with E-state index >= 15 is 4.79 Å². The predicted octanol–water partition coefficient (Wildman–Crippen LogP) is 7.16. The van der Waals surface area contributed by atoms with Gasteiger partial charge in [-0.15, -0.1) is 0 Å². The Morgan fingerprint density at radius 3 is 1.99 bits per heavy atom. The van der Waals surface area contributed by atoms with E-state index in [-0.39, 0.29) is 60.8 Å². The average Bonchev–Trinajstić information content (AvgIpc) is 3.88. The first-order valence-corrected chi connectivity index (χ1v) is 27.5. The van der Waals surface area contributed by atoms with Crippen LogP contribution in [0.5, 0.6) is 17.2 Å². The Bertz CT molecular complexity index is 2710. The number of carbonyl (C=O) groups excluding carboxylic acids is 3. The fraction of sp³-hybridized carbons (Fsp3) is 0.672. The van der Waals surface area contributed by atoms with Gasteiger partial charge in [-0.3, -0.25) is 19.6 Å². The SMILES string of the molecule is CO[C@H]1/C=C/O[C@@]2(C)Oc3c(C)c(O)c4c(O)c(c5c(c4c3C2=O)=NC2(CCN(CC(C)C)CC2)N=5)NC(=O)/C(C)=C\C=C\[C@H](C)[C@H](O)[C@@H](C)[C@@H](O)[C@@H](C)[C@H](OC(=O)N2CCC3(CCN(CC(C)C)CC3)CC2)[C@@H]1C. The molecule has 17 heteroatoms. The van der Waals surface area contributed by atoms with Gasteiger partial charge in [0.25, 0.3) is 11.7 Å². The zero-order valence-electron chi connectivity index (χ0n) is 46.4. The lowest BCUT2D eigenvalue weighted by Gasteiger charge is -2.47. The molecule has 75 heavy (non-hydrogen) atoms. The van der Waals surface area contributed by atoms with Crippen molar-refractivity contribution in [3.05, 3.63) is 58.0 Å². The highest BCUT2D eigenvalue weighted by Crippen LogP contribution is 2.50. The highest BCUT2D eigenvalue weighted by atomic mass is 16.7. The van der Waals surface area contributed by atoms with Crippen molar-refractivity contribution in [3.63, 3.8) is 0 Å². The largest absolute Gasteiger partial charge is 0.507 e. The first-order valence-electron chi connectivity index (χ1n) is 27.5. The number of amides is 2. The van der Waals surface area contributed by atoms with Crippen LogP contribution < -0.4 is 20.8 Å². The van der Waals surface area contributed by atoms with E-state index in [0.717, 1.165) is 51.9 Å². The van der Waals surface area contributed by atoms with Crippen LogP contribution in [-0.4, -0.2) is 148 Å². The van der Waals surface area contributed by atoms with E-state index < -0.39 is 83.1 Å².